The highest BCUT2D eigenvalue weighted by Crippen LogP contribution is 2.05. The van der Waals surface area contributed by atoms with Crippen LogP contribution in [0.15, 0.2) is 0 Å². The van der Waals surface area contributed by atoms with E-state index in [1.165, 1.54) is 6.92 Å². The predicted octanol–water partition coefficient (Wildman–Crippen LogP) is -2.80. The molecule has 0 aliphatic rings. The summed E-state index contributed by atoms with van der Waals surface area (Å²) in [6, 6.07) is -4.37. The third-order valence-electron chi connectivity index (χ3n) is 4.10. The molecule has 0 rings (SSSR count). The number of thiol groups is 1. The normalized spacial score (nSPS) is 14.7. The van der Waals surface area contributed by atoms with Crippen molar-refractivity contribution in [1.29, 1.82) is 0 Å². The van der Waals surface area contributed by atoms with Gasteiger partial charge in [-0.25, -0.2) is 4.79 Å². The molecule has 0 radical (unpaired) electrons. The number of primary amides is 1. The molecule has 0 saturated carbocycles. The van der Waals surface area contributed by atoms with Crippen molar-refractivity contribution >= 4 is 42.2 Å². The Hall–Kier alpha value is -2.38. The molecule has 0 aromatic carbocycles. The Morgan fingerprint density at radius 3 is 1.90 bits per heavy atom. The minimum absolute atomic E-state index is 0.0781. The fourth-order valence-electron chi connectivity index (χ4n) is 2.35. The highest BCUT2D eigenvalue weighted by molar-refractivity contribution is 7.80. The minimum Gasteiger partial charge on any atom is -0.480 e. The number of nitrogens with one attached hydrogen (secondary N) is 3. The van der Waals surface area contributed by atoms with Crippen LogP contribution >= 0.6 is 12.6 Å². The number of unbranched alkanes of at least 4 members (excludes halogenated alkanes) is 1. The van der Waals surface area contributed by atoms with Gasteiger partial charge in [0.05, 0.1) is 6.04 Å². The van der Waals surface area contributed by atoms with Crippen LogP contribution in [0.5, 0.6) is 0 Å². The van der Waals surface area contributed by atoms with Gasteiger partial charge in [-0.05, 0) is 39.2 Å². The van der Waals surface area contributed by atoms with Crippen molar-refractivity contribution in [3.63, 3.8) is 0 Å². The van der Waals surface area contributed by atoms with E-state index in [2.05, 4.69) is 28.6 Å². The van der Waals surface area contributed by atoms with Crippen molar-refractivity contribution in [2.75, 3.05) is 12.3 Å². The molecule has 4 amide bonds. The van der Waals surface area contributed by atoms with Gasteiger partial charge in [0.15, 0.2) is 0 Å². The highest BCUT2D eigenvalue weighted by atomic mass is 32.1. The number of carboxylic acid groups (broad SMARTS) is 1. The summed E-state index contributed by atoms with van der Waals surface area (Å²) in [6.45, 7) is 1.82. The summed E-state index contributed by atoms with van der Waals surface area (Å²) in [5.74, 6) is -4.13. The van der Waals surface area contributed by atoms with E-state index in [1.54, 1.807) is 0 Å². The average molecular weight is 449 g/mol. The molecule has 0 aliphatic heterocycles. The summed E-state index contributed by atoms with van der Waals surface area (Å²) in [6.07, 6.45) is 0.851. The molecule has 13 heteroatoms. The van der Waals surface area contributed by atoms with Gasteiger partial charge in [0.1, 0.15) is 18.1 Å². The Balaban J connectivity index is 5.24. The summed E-state index contributed by atoms with van der Waals surface area (Å²) >= 11 is 4.01. The number of hydrogen-bond donors (Lipinski definition) is 8. The number of aliphatic carboxylic acids is 1. The fourth-order valence-corrected chi connectivity index (χ4v) is 2.60. The lowest BCUT2D eigenvalue weighted by molar-refractivity contribution is -0.142. The SMILES string of the molecule is CC(N)C(=O)NC(CS)C(=O)NC(CCC(N)=O)C(=O)NC(CCCCN)C(=O)O. The van der Waals surface area contributed by atoms with Crippen molar-refractivity contribution in [2.24, 2.45) is 17.2 Å². The molecule has 12 nitrogen and oxygen atoms in total. The highest BCUT2D eigenvalue weighted by Gasteiger charge is 2.29. The molecule has 0 spiro atoms. The van der Waals surface area contributed by atoms with Gasteiger partial charge in [-0.1, -0.05) is 0 Å². The lowest BCUT2D eigenvalue weighted by atomic mass is 10.1. The second-order valence-corrected chi connectivity index (χ2v) is 7.15. The van der Waals surface area contributed by atoms with Crippen molar-refractivity contribution in [3.05, 3.63) is 0 Å². The fraction of sp³-hybridized carbons (Fsp3) is 0.706. The predicted molar refractivity (Wildman–Crippen MR) is 112 cm³/mol. The maximum absolute atomic E-state index is 12.6. The van der Waals surface area contributed by atoms with E-state index in [1.807, 2.05) is 0 Å². The molecule has 0 fully saturated rings. The van der Waals surface area contributed by atoms with Crippen LogP contribution in [0.2, 0.25) is 0 Å². The molecule has 4 atom stereocenters. The van der Waals surface area contributed by atoms with E-state index in [4.69, 9.17) is 17.2 Å². The van der Waals surface area contributed by atoms with Crippen LogP contribution in [-0.4, -0.2) is 71.2 Å². The van der Waals surface area contributed by atoms with Crippen LogP contribution in [0.4, 0.5) is 0 Å². The van der Waals surface area contributed by atoms with Crippen molar-refractivity contribution in [2.45, 2.75) is 63.2 Å². The quantitative estimate of drug-likeness (QED) is 0.0963. The Morgan fingerprint density at radius 2 is 1.43 bits per heavy atom. The number of rotatable bonds is 15. The zero-order valence-corrected chi connectivity index (χ0v) is 17.8. The first-order valence-electron chi connectivity index (χ1n) is 9.52. The monoisotopic (exact) mass is 448 g/mol. The number of carbonyl (C=O) groups is 5. The van der Waals surface area contributed by atoms with Gasteiger partial charge in [-0.2, -0.15) is 12.6 Å². The van der Waals surface area contributed by atoms with Crippen LogP contribution < -0.4 is 33.2 Å². The molecule has 0 aromatic rings. The third kappa shape index (κ3) is 11.0. The minimum atomic E-state index is -1.24. The average Bonchev–Trinajstić information content (AvgIpc) is 2.67. The maximum atomic E-state index is 12.6. The second-order valence-electron chi connectivity index (χ2n) is 6.78. The molecule has 10 N–H and O–H groups in total. The van der Waals surface area contributed by atoms with E-state index in [-0.39, 0.29) is 25.0 Å². The Kier molecular flexibility index (Phi) is 13.4. The lowest BCUT2D eigenvalue weighted by Gasteiger charge is -2.24. The van der Waals surface area contributed by atoms with Gasteiger partial charge in [0.2, 0.25) is 23.6 Å². The van der Waals surface area contributed by atoms with Crippen LogP contribution in [0, 0.1) is 0 Å². The van der Waals surface area contributed by atoms with Gasteiger partial charge in [0, 0.05) is 12.2 Å². The lowest BCUT2D eigenvalue weighted by Crippen LogP contribution is -2.57. The molecule has 0 aromatic heterocycles. The smallest absolute Gasteiger partial charge is 0.326 e. The summed E-state index contributed by atoms with van der Waals surface area (Å²) in [5.41, 5.74) is 16.0. The summed E-state index contributed by atoms with van der Waals surface area (Å²) < 4.78 is 0. The number of amides is 4. The van der Waals surface area contributed by atoms with Gasteiger partial charge in [-0.3, -0.25) is 19.2 Å². The number of carbonyl (C=O) groups excluding carboxylic acids is 4. The molecule has 4 unspecified atom stereocenters. The maximum Gasteiger partial charge on any atom is 0.326 e. The molecule has 0 bridgehead atoms. The Labute approximate surface area is 180 Å². The van der Waals surface area contributed by atoms with Gasteiger partial charge >= 0.3 is 5.97 Å². The third-order valence-corrected chi connectivity index (χ3v) is 4.47. The number of hydrogen-bond acceptors (Lipinski definition) is 8. The second kappa shape index (κ2) is 14.6. The van der Waals surface area contributed by atoms with E-state index >= 15 is 0 Å². The zero-order valence-electron chi connectivity index (χ0n) is 16.9. The van der Waals surface area contributed by atoms with Gasteiger partial charge in [-0.15, -0.1) is 0 Å². The summed E-state index contributed by atoms with van der Waals surface area (Å²) in [5, 5.41) is 16.4. The first kappa shape index (κ1) is 27.6. The molecular formula is C17H32N6O6S. The molecule has 30 heavy (non-hydrogen) atoms. The molecule has 0 heterocycles. The van der Waals surface area contributed by atoms with Crippen LogP contribution in [0.1, 0.15) is 39.0 Å². The van der Waals surface area contributed by atoms with E-state index in [0.717, 1.165) is 0 Å². The topological polar surface area (TPSA) is 220 Å². The molecule has 0 aliphatic carbocycles. The molecular weight excluding hydrogens is 416 g/mol. The van der Waals surface area contributed by atoms with E-state index in [0.29, 0.717) is 19.4 Å². The first-order valence-corrected chi connectivity index (χ1v) is 10.1. The summed E-state index contributed by atoms with van der Waals surface area (Å²) in [7, 11) is 0. The summed E-state index contributed by atoms with van der Waals surface area (Å²) in [4.78, 5) is 59.3. The van der Waals surface area contributed by atoms with E-state index < -0.39 is 53.8 Å². The van der Waals surface area contributed by atoms with Crippen molar-refractivity contribution in [3.8, 4) is 0 Å². The standard InChI is InChI=1S/C17H32N6O6S/c1-9(19)14(25)23-12(8-30)16(27)21-10(5-6-13(20)24)15(26)22-11(17(28)29)4-2-3-7-18/h9-12,30H,2-8,18-19H2,1H3,(H2,20,24)(H,21,27)(H,22,26)(H,23,25)(H,28,29). The first-order chi connectivity index (χ1) is 14.0. The van der Waals surface area contributed by atoms with Crippen molar-refractivity contribution in [1.82, 2.24) is 16.0 Å². The van der Waals surface area contributed by atoms with Crippen LogP contribution in [-0.2, 0) is 24.0 Å². The number of nitrogens with two attached hydrogens (primary N) is 3. The van der Waals surface area contributed by atoms with Crippen LogP contribution in [0.25, 0.3) is 0 Å². The Bertz CT molecular complexity index is 618. The molecule has 172 valence electrons. The van der Waals surface area contributed by atoms with Crippen molar-refractivity contribution < 1.29 is 29.1 Å². The van der Waals surface area contributed by atoms with Gasteiger partial charge < -0.3 is 38.3 Å². The van der Waals surface area contributed by atoms with Crippen LogP contribution in [0.3, 0.4) is 0 Å². The number of carboxylic acids is 1. The largest absolute Gasteiger partial charge is 0.480 e. The van der Waals surface area contributed by atoms with Gasteiger partial charge in [0.25, 0.3) is 0 Å². The Morgan fingerprint density at radius 1 is 0.900 bits per heavy atom. The molecule has 0 saturated heterocycles. The zero-order chi connectivity index (χ0) is 23.3. The van der Waals surface area contributed by atoms with E-state index in [9.17, 15) is 29.1 Å².